The molecule has 11 heavy (non-hydrogen) atoms. The van der Waals surface area contributed by atoms with Crippen LogP contribution in [0.15, 0.2) is 0 Å². The Morgan fingerprint density at radius 1 is 1.36 bits per heavy atom. The molecule has 0 aromatic carbocycles. The Balaban J connectivity index is 0.000000292. The second-order valence-electron chi connectivity index (χ2n) is 3.22. The van der Waals surface area contributed by atoms with E-state index in [4.69, 9.17) is 4.79 Å². The van der Waals surface area contributed by atoms with E-state index in [1.165, 1.54) is 32.9 Å². The van der Waals surface area contributed by atoms with Gasteiger partial charge in [-0.1, -0.05) is 6.92 Å². The largest absolute Gasteiger partial charge is 0.306 e. The molecule has 2 heteroatoms. The Morgan fingerprint density at radius 3 is 2.00 bits per heavy atom. The molecule has 0 aromatic rings. The standard InChI is InChI=1S/C7H15N.C2H4O/c1-7-3-5-8(2)6-4-7;1-2-3/h7H,3-6H2,1-2H3;2H,1H3. The zero-order valence-corrected chi connectivity index (χ0v) is 7.84. The fraction of sp³-hybridized carbons (Fsp3) is 0.889. The van der Waals surface area contributed by atoms with Crippen LogP contribution >= 0.6 is 0 Å². The first-order chi connectivity index (χ1) is 5.20. The zero-order chi connectivity index (χ0) is 8.69. The third kappa shape index (κ3) is 6.05. The van der Waals surface area contributed by atoms with Gasteiger partial charge in [0.15, 0.2) is 0 Å². The normalized spacial score (nSPS) is 20.3. The molecule has 66 valence electrons. The van der Waals surface area contributed by atoms with Gasteiger partial charge in [-0.25, -0.2) is 0 Å². The summed E-state index contributed by atoms with van der Waals surface area (Å²) in [5, 5.41) is 0. The van der Waals surface area contributed by atoms with E-state index in [-0.39, 0.29) is 0 Å². The molecule has 1 heterocycles. The van der Waals surface area contributed by atoms with Crippen molar-refractivity contribution in [2.75, 3.05) is 20.1 Å². The quantitative estimate of drug-likeness (QED) is 0.497. The number of carbonyl (C=O) groups excluding carboxylic acids is 1. The highest BCUT2D eigenvalue weighted by atomic mass is 16.1. The van der Waals surface area contributed by atoms with Crippen molar-refractivity contribution in [2.45, 2.75) is 26.7 Å². The van der Waals surface area contributed by atoms with Crippen molar-refractivity contribution in [1.82, 2.24) is 4.90 Å². The SMILES string of the molecule is CC1CCN(C)CC1.CC=O. The van der Waals surface area contributed by atoms with E-state index in [1.54, 1.807) is 0 Å². The maximum absolute atomic E-state index is 8.81. The van der Waals surface area contributed by atoms with Crippen LogP contribution in [0, 0.1) is 5.92 Å². The number of carbonyl (C=O) groups is 1. The van der Waals surface area contributed by atoms with Crippen molar-refractivity contribution in [3.8, 4) is 0 Å². The van der Waals surface area contributed by atoms with Crippen molar-refractivity contribution < 1.29 is 4.79 Å². The fourth-order valence-electron chi connectivity index (χ4n) is 1.14. The van der Waals surface area contributed by atoms with Crippen LogP contribution < -0.4 is 0 Å². The van der Waals surface area contributed by atoms with Crippen LogP contribution in [0.5, 0.6) is 0 Å². The maximum atomic E-state index is 8.81. The van der Waals surface area contributed by atoms with E-state index >= 15 is 0 Å². The van der Waals surface area contributed by atoms with Gasteiger partial charge in [-0.05, 0) is 45.8 Å². The van der Waals surface area contributed by atoms with Crippen molar-refractivity contribution in [2.24, 2.45) is 5.92 Å². The summed E-state index contributed by atoms with van der Waals surface area (Å²) in [6.45, 7) is 6.40. The molecule has 0 aliphatic carbocycles. The third-order valence-electron chi connectivity index (χ3n) is 2.01. The lowest BCUT2D eigenvalue weighted by Crippen LogP contribution is -2.28. The molecule has 0 spiro atoms. The van der Waals surface area contributed by atoms with Crippen LogP contribution in [0.1, 0.15) is 26.7 Å². The van der Waals surface area contributed by atoms with E-state index in [2.05, 4.69) is 18.9 Å². The molecule has 1 saturated heterocycles. The molecule has 0 bridgehead atoms. The second kappa shape index (κ2) is 6.35. The van der Waals surface area contributed by atoms with E-state index in [0.29, 0.717) is 0 Å². The highest BCUT2D eigenvalue weighted by molar-refractivity contribution is 5.44. The van der Waals surface area contributed by atoms with Crippen molar-refractivity contribution in [3.63, 3.8) is 0 Å². The number of aldehydes is 1. The van der Waals surface area contributed by atoms with E-state index in [1.807, 2.05) is 0 Å². The van der Waals surface area contributed by atoms with Crippen molar-refractivity contribution >= 4 is 6.29 Å². The summed E-state index contributed by atoms with van der Waals surface area (Å²) in [5.41, 5.74) is 0. The Bertz CT molecular complexity index is 85.7. The second-order valence-corrected chi connectivity index (χ2v) is 3.22. The van der Waals surface area contributed by atoms with Crippen LogP contribution in [-0.4, -0.2) is 31.3 Å². The summed E-state index contributed by atoms with van der Waals surface area (Å²) in [7, 11) is 2.20. The number of piperidine rings is 1. The lowest BCUT2D eigenvalue weighted by Gasteiger charge is -2.26. The molecule has 0 atom stereocenters. The predicted octanol–water partition coefficient (Wildman–Crippen LogP) is 1.55. The number of hydrogen-bond acceptors (Lipinski definition) is 2. The minimum absolute atomic E-state index is 0.750. The van der Waals surface area contributed by atoms with Gasteiger partial charge in [0, 0.05) is 0 Å². The molecule has 1 fully saturated rings. The number of likely N-dealkylation sites (tertiary alicyclic amines) is 1. The van der Waals surface area contributed by atoms with E-state index in [0.717, 1.165) is 12.2 Å². The zero-order valence-electron chi connectivity index (χ0n) is 7.84. The monoisotopic (exact) mass is 157 g/mol. The minimum Gasteiger partial charge on any atom is -0.306 e. The van der Waals surface area contributed by atoms with Crippen LogP contribution in [0.2, 0.25) is 0 Å². The molecule has 2 nitrogen and oxygen atoms in total. The van der Waals surface area contributed by atoms with Gasteiger partial charge < -0.3 is 9.69 Å². The molecule has 1 rings (SSSR count). The van der Waals surface area contributed by atoms with Crippen LogP contribution in [-0.2, 0) is 4.79 Å². The smallest absolute Gasteiger partial charge is 0.116 e. The van der Waals surface area contributed by atoms with Gasteiger partial charge in [-0.15, -0.1) is 0 Å². The molecule has 0 unspecified atom stereocenters. The Kier molecular flexibility index (Phi) is 6.13. The lowest BCUT2D eigenvalue weighted by atomic mass is 10.00. The van der Waals surface area contributed by atoms with Gasteiger partial charge >= 0.3 is 0 Å². The van der Waals surface area contributed by atoms with Gasteiger partial charge in [0.1, 0.15) is 6.29 Å². The predicted molar refractivity (Wildman–Crippen MR) is 47.6 cm³/mol. The van der Waals surface area contributed by atoms with Crippen LogP contribution in [0.25, 0.3) is 0 Å². The van der Waals surface area contributed by atoms with Gasteiger partial charge in [0.05, 0.1) is 0 Å². The third-order valence-corrected chi connectivity index (χ3v) is 2.01. The molecular weight excluding hydrogens is 138 g/mol. The van der Waals surface area contributed by atoms with Gasteiger partial charge in [-0.3, -0.25) is 0 Å². The molecule has 1 aliphatic heterocycles. The number of rotatable bonds is 0. The molecule has 0 N–H and O–H groups in total. The Morgan fingerprint density at radius 2 is 1.73 bits per heavy atom. The summed E-state index contributed by atoms with van der Waals surface area (Å²) in [4.78, 5) is 11.2. The van der Waals surface area contributed by atoms with Gasteiger partial charge in [-0.2, -0.15) is 0 Å². The average molecular weight is 157 g/mol. The van der Waals surface area contributed by atoms with Crippen LogP contribution in [0.3, 0.4) is 0 Å². The van der Waals surface area contributed by atoms with Crippen molar-refractivity contribution in [3.05, 3.63) is 0 Å². The first kappa shape index (κ1) is 10.6. The maximum Gasteiger partial charge on any atom is 0.116 e. The summed E-state index contributed by atoms with van der Waals surface area (Å²) >= 11 is 0. The van der Waals surface area contributed by atoms with Gasteiger partial charge in [0.25, 0.3) is 0 Å². The summed E-state index contributed by atoms with van der Waals surface area (Å²) in [6.07, 6.45) is 3.55. The first-order valence-electron chi connectivity index (χ1n) is 4.29. The van der Waals surface area contributed by atoms with E-state index < -0.39 is 0 Å². The first-order valence-corrected chi connectivity index (χ1v) is 4.29. The molecule has 0 saturated carbocycles. The van der Waals surface area contributed by atoms with E-state index in [9.17, 15) is 0 Å². The highest BCUT2D eigenvalue weighted by Crippen LogP contribution is 2.13. The Labute approximate surface area is 69.6 Å². The van der Waals surface area contributed by atoms with Crippen molar-refractivity contribution in [1.29, 1.82) is 0 Å². The molecule has 0 radical (unpaired) electrons. The topological polar surface area (TPSA) is 20.3 Å². The molecule has 1 aliphatic rings. The molecular formula is C9H19NO. The molecule has 0 aromatic heterocycles. The summed E-state index contributed by atoms with van der Waals surface area (Å²) in [6, 6.07) is 0. The van der Waals surface area contributed by atoms with Gasteiger partial charge in [0.2, 0.25) is 0 Å². The Hall–Kier alpha value is -0.370. The minimum atomic E-state index is 0.750. The average Bonchev–Trinajstić information content (AvgIpc) is 1.97. The van der Waals surface area contributed by atoms with Crippen LogP contribution in [0.4, 0.5) is 0 Å². The molecule has 0 amide bonds. The highest BCUT2D eigenvalue weighted by Gasteiger charge is 2.10. The number of nitrogens with zero attached hydrogens (tertiary/aromatic N) is 1. The summed E-state index contributed by atoms with van der Waals surface area (Å²) in [5.74, 6) is 0.978. The summed E-state index contributed by atoms with van der Waals surface area (Å²) < 4.78 is 0. The fourth-order valence-corrected chi connectivity index (χ4v) is 1.14. The number of hydrogen-bond donors (Lipinski definition) is 0. The lowest BCUT2D eigenvalue weighted by molar-refractivity contribution is -0.106.